The molecule has 158 valence electrons. The molecule has 7 heteroatoms. The van der Waals surface area contributed by atoms with Gasteiger partial charge < -0.3 is 14.6 Å². The SMILES string of the molecule is Cc1cnc2oc(N3CC(CCl)(CNC(=O)Cc4ccc(C(C)C)cc4)C3)nc2c1. The third kappa shape index (κ3) is 4.29. The average Bonchev–Trinajstić information content (AvgIpc) is 3.10. The molecule has 3 aromatic rings. The number of benzene rings is 1. The first-order chi connectivity index (χ1) is 14.4. The molecule has 3 heterocycles. The van der Waals surface area contributed by atoms with Crippen LogP contribution in [0.2, 0.25) is 0 Å². The molecule has 1 aromatic carbocycles. The van der Waals surface area contributed by atoms with E-state index in [-0.39, 0.29) is 11.3 Å². The molecular formula is C23H27ClN4O2. The molecule has 1 amide bonds. The zero-order chi connectivity index (χ0) is 21.3. The van der Waals surface area contributed by atoms with Crippen LogP contribution in [0.15, 0.2) is 40.9 Å². The van der Waals surface area contributed by atoms with Gasteiger partial charge in [-0.05, 0) is 35.6 Å². The molecule has 6 nitrogen and oxygen atoms in total. The Morgan fingerprint density at radius 2 is 2.03 bits per heavy atom. The molecule has 0 unspecified atom stereocenters. The van der Waals surface area contributed by atoms with Crippen LogP contribution in [0.4, 0.5) is 6.01 Å². The normalized spacial score (nSPS) is 15.4. The maximum atomic E-state index is 12.4. The van der Waals surface area contributed by atoms with Crippen molar-refractivity contribution in [3.05, 3.63) is 53.2 Å². The van der Waals surface area contributed by atoms with Crippen molar-refractivity contribution in [2.24, 2.45) is 5.41 Å². The lowest BCUT2D eigenvalue weighted by Gasteiger charge is -2.48. The van der Waals surface area contributed by atoms with Crippen LogP contribution < -0.4 is 10.2 Å². The molecular weight excluding hydrogens is 400 g/mol. The summed E-state index contributed by atoms with van der Waals surface area (Å²) < 4.78 is 5.77. The Morgan fingerprint density at radius 3 is 2.70 bits per heavy atom. The van der Waals surface area contributed by atoms with Crippen LogP contribution in [0.5, 0.6) is 0 Å². The van der Waals surface area contributed by atoms with Crippen molar-refractivity contribution < 1.29 is 9.21 Å². The largest absolute Gasteiger partial charge is 0.404 e. The molecule has 1 saturated heterocycles. The van der Waals surface area contributed by atoms with Crippen molar-refractivity contribution in [3.63, 3.8) is 0 Å². The Morgan fingerprint density at radius 1 is 1.30 bits per heavy atom. The summed E-state index contributed by atoms with van der Waals surface area (Å²) in [4.78, 5) is 23.3. The Labute approximate surface area is 181 Å². The van der Waals surface area contributed by atoms with Crippen LogP contribution in [0, 0.1) is 12.3 Å². The molecule has 4 rings (SSSR count). The molecule has 1 N–H and O–H groups in total. The smallest absolute Gasteiger partial charge is 0.299 e. The summed E-state index contributed by atoms with van der Waals surface area (Å²) in [6, 6.07) is 10.8. The number of pyridine rings is 1. The average molecular weight is 427 g/mol. The fourth-order valence-electron chi connectivity index (χ4n) is 3.74. The number of rotatable bonds is 7. The number of halogens is 1. The summed E-state index contributed by atoms with van der Waals surface area (Å²) in [6.07, 6.45) is 2.14. The van der Waals surface area contributed by atoms with E-state index in [4.69, 9.17) is 16.0 Å². The van der Waals surface area contributed by atoms with E-state index in [1.54, 1.807) is 6.20 Å². The molecule has 1 aliphatic heterocycles. The zero-order valence-electron chi connectivity index (χ0n) is 17.6. The minimum absolute atomic E-state index is 0.0109. The third-order valence-corrected chi connectivity index (χ3v) is 6.22. The predicted molar refractivity (Wildman–Crippen MR) is 119 cm³/mol. The summed E-state index contributed by atoms with van der Waals surface area (Å²) in [5.41, 5.74) is 4.45. The van der Waals surface area contributed by atoms with Gasteiger partial charge in [-0.1, -0.05) is 38.1 Å². The van der Waals surface area contributed by atoms with Gasteiger partial charge in [0, 0.05) is 37.1 Å². The van der Waals surface area contributed by atoms with Gasteiger partial charge in [0.25, 0.3) is 6.01 Å². The lowest BCUT2D eigenvalue weighted by molar-refractivity contribution is -0.121. The van der Waals surface area contributed by atoms with Crippen LogP contribution in [0.25, 0.3) is 11.2 Å². The van der Waals surface area contributed by atoms with E-state index in [1.165, 1.54) is 5.56 Å². The highest BCUT2D eigenvalue weighted by Gasteiger charge is 2.44. The van der Waals surface area contributed by atoms with Gasteiger partial charge in [-0.15, -0.1) is 11.6 Å². The molecule has 1 fully saturated rings. The molecule has 0 bridgehead atoms. The fourth-order valence-corrected chi connectivity index (χ4v) is 4.01. The molecule has 30 heavy (non-hydrogen) atoms. The standard InChI is InChI=1S/C23H27ClN4O2/c1-15(2)18-6-4-17(5-7-18)9-20(29)26-12-23(11-24)13-28(14-23)22-27-19-8-16(3)10-25-21(19)30-22/h4-8,10,15H,9,11-14H2,1-3H3,(H,26,29). The maximum absolute atomic E-state index is 12.4. The predicted octanol–water partition coefficient (Wildman–Crippen LogP) is 4.06. The summed E-state index contributed by atoms with van der Waals surface area (Å²) in [7, 11) is 0. The van der Waals surface area contributed by atoms with E-state index in [9.17, 15) is 4.79 Å². The second-order valence-corrected chi connectivity index (χ2v) is 8.94. The molecule has 0 atom stereocenters. The summed E-state index contributed by atoms with van der Waals surface area (Å²) >= 11 is 6.26. The van der Waals surface area contributed by atoms with Crippen molar-refractivity contribution in [3.8, 4) is 0 Å². The summed E-state index contributed by atoms with van der Waals surface area (Å²) in [5.74, 6) is 0.959. The minimum Gasteiger partial charge on any atom is -0.404 e. The number of aryl methyl sites for hydroxylation is 1. The number of nitrogens with one attached hydrogen (secondary N) is 1. The number of oxazole rings is 1. The topological polar surface area (TPSA) is 71.3 Å². The van der Waals surface area contributed by atoms with Crippen molar-refractivity contribution in [1.82, 2.24) is 15.3 Å². The van der Waals surface area contributed by atoms with Gasteiger partial charge in [0.1, 0.15) is 5.52 Å². The van der Waals surface area contributed by atoms with Crippen molar-refractivity contribution >= 4 is 34.8 Å². The molecule has 2 aromatic heterocycles. The Kier molecular flexibility index (Phi) is 5.69. The van der Waals surface area contributed by atoms with Crippen molar-refractivity contribution in [2.45, 2.75) is 33.1 Å². The number of alkyl halides is 1. The minimum atomic E-state index is -0.178. The molecule has 0 radical (unpaired) electrons. The Hall–Kier alpha value is -2.60. The molecule has 0 aliphatic carbocycles. The lowest BCUT2D eigenvalue weighted by atomic mass is 9.82. The second kappa shape index (κ2) is 8.26. The van der Waals surface area contributed by atoms with Crippen LogP contribution in [-0.2, 0) is 11.2 Å². The van der Waals surface area contributed by atoms with E-state index < -0.39 is 0 Å². The number of carbonyl (C=O) groups excluding carboxylic acids is 1. The number of aromatic nitrogens is 2. The van der Waals surface area contributed by atoms with Gasteiger partial charge in [-0.2, -0.15) is 4.98 Å². The van der Waals surface area contributed by atoms with Crippen LogP contribution in [-0.4, -0.2) is 41.4 Å². The van der Waals surface area contributed by atoms with Crippen molar-refractivity contribution in [2.75, 3.05) is 30.4 Å². The highest BCUT2D eigenvalue weighted by molar-refractivity contribution is 6.18. The summed E-state index contributed by atoms with van der Waals surface area (Å²) in [5, 5.41) is 3.05. The van der Waals surface area contributed by atoms with E-state index in [0.717, 1.165) is 16.6 Å². The van der Waals surface area contributed by atoms with Gasteiger partial charge in [-0.3, -0.25) is 4.79 Å². The van der Waals surface area contributed by atoms with Gasteiger partial charge in [0.2, 0.25) is 11.6 Å². The maximum Gasteiger partial charge on any atom is 0.299 e. The molecule has 0 spiro atoms. The fraction of sp³-hybridized carbons (Fsp3) is 0.435. The first-order valence-corrected chi connectivity index (χ1v) is 10.8. The quantitative estimate of drug-likeness (QED) is 0.577. The summed E-state index contributed by atoms with van der Waals surface area (Å²) in [6.45, 7) is 8.20. The van der Waals surface area contributed by atoms with E-state index in [1.807, 2.05) is 30.0 Å². The number of hydrogen-bond acceptors (Lipinski definition) is 5. The van der Waals surface area contributed by atoms with E-state index in [2.05, 4.69) is 41.3 Å². The van der Waals surface area contributed by atoms with Crippen LogP contribution in [0.3, 0.4) is 0 Å². The third-order valence-electron chi connectivity index (χ3n) is 5.65. The monoisotopic (exact) mass is 426 g/mol. The van der Waals surface area contributed by atoms with Gasteiger partial charge in [0.15, 0.2) is 0 Å². The number of hydrogen-bond donors (Lipinski definition) is 1. The van der Waals surface area contributed by atoms with Gasteiger partial charge in [-0.25, -0.2) is 4.98 Å². The van der Waals surface area contributed by atoms with Gasteiger partial charge >= 0.3 is 0 Å². The second-order valence-electron chi connectivity index (χ2n) is 8.67. The highest BCUT2D eigenvalue weighted by atomic mass is 35.5. The Bertz CT molecular complexity index is 1040. The van der Waals surface area contributed by atoms with Crippen LogP contribution >= 0.6 is 11.6 Å². The highest BCUT2D eigenvalue weighted by Crippen LogP contribution is 2.35. The van der Waals surface area contributed by atoms with E-state index >= 15 is 0 Å². The first kappa shape index (κ1) is 20.7. The number of nitrogens with zero attached hydrogens (tertiary/aromatic N) is 3. The first-order valence-electron chi connectivity index (χ1n) is 10.3. The molecule has 0 saturated carbocycles. The number of fused-ring (bicyclic) bond motifs is 1. The number of anilines is 1. The lowest BCUT2D eigenvalue weighted by Crippen LogP contribution is -2.62. The van der Waals surface area contributed by atoms with Crippen molar-refractivity contribution in [1.29, 1.82) is 0 Å². The zero-order valence-corrected chi connectivity index (χ0v) is 18.4. The number of carbonyl (C=O) groups is 1. The van der Waals surface area contributed by atoms with Crippen LogP contribution in [0.1, 0.15) is 36.5 Å². The van der Waals surface area contributed by atoms with Gasteiger partial charge in [0.05, 0.1) is 6.42 Å². The number of amides is 1. The molecule has 1 aliphatic rings. The Balaban J connectivity index is 1.32. The van der Waals surface area contributed by atoms with E-state index in [0.29, 0.717) is 49.6 Å².